The fraction of sp³-hybridized carbons (Fsp3) is 0.417. The van der Waals surface area contributed by atoms with Gasteiger partial charge in [0, 0.05) is 18.3 Å². The molecule has 2 atom stereocenters. The number of rotatable bonds is 3. The molecule has 6 nitrogen and oxygen atoms in total. The largest absolute Gasteiger partial charge is 0.326 e. The van der Waals surface area contributed by atoms with Crippen LogP contribution in [0.5, 0.6) is 0 Å². The Morgan fingerprint density at radius 1 is 1.53 bits per heavy atom. The second-order valence-corrected chi connectivity index (χ2v) is 5.51. The lowest BCUT2D eigenvalue weighted by Crippen LogP contribution is -2.27. The Kier molecular flexibility index (Phi) is 4.16. The Morgan fingerprint density at radius 2 is 2.26 bits per heavy atom. The number of nitrogens with one attached hydrogen (secondary N) is 2. The average Bonchev–Trinajstić information content (AvgIpc) is 2.75. The third-order valence-corrected chi connectivity index (χ3v) is 3.90. The van der Waals surface area contributed by atoms with Gasteiger partial charge in [0.2, 0.25) is 5.91 Å². The van der Waals surface area contributed by atoms with Crippen LogP contribution in [0, 0.1) is 22.0 Å². The summed E-state index contributed by atoms with van der Waals surface area (Å²) >= 11 is 3.13. The second-order valence-electron chi connectivity index (χ2n) is 4.65. The molecule has 0 spiro atoms. The molecule has 1 aromatic carbocycles. The number of anilines is 1. The molecule has 102 valence electrons. The quantitative estimate of drug-likeness (QED) is 0.658. The van der Waals surface area contributed by atoms with E-state index in [0.29, 0.717) is 22.6 Å². The van der Waals surface area contributed by atoms with Crippen LogP contribution in [-0.2, 0) is 4.79 Å². The summed E-state index contributed by atoms with van der Waals surface area (Å²) in [7, 11) is 0. The van der Waals surface area contributed by atoms with Crippen molar-refractivity contribution in [3.8, 4) is 0 Å². The maximum Gasteiger partial charge on any atom is 0.283 e. The number of nitro groups is 1. The molecule has 0 aliphatic carbocycles. The Balaban J connectivity index is 2.09. The summed E-state index contributed by atoms with van der Waals surface area (Å²) in [6.07, 6.45) is 0. The zero-order valence-corrected chi connectivity index (χ0v) is 11.9. The molecule has 0 radical (unpaired) electrons. The molecule has 1 aliphatic heterocycles. The van der Waals surface area contributed by atoms with E-state index in [9.17, 15) is 14.9 Å². The van der Waals surface area contributed by atoms with E-state index >= 15 is 0 Å². The molecule has 1 fully saturated rings. The third kappa shape index (κ3) is 3.10. The minimum absolute atomic E-state index is 0.0195. The topological polar surface area (TPSA) is 84.3 Å². The maximum absolute atomic E-state index is 12.1. The second kappa shape index (κ2) is 5.66. The Labute approximate surface area is 118 Å². The minimum atomic E-state index is -0.474. The van der Waals surface area contributed by atoms with Gasteiger partial charge in [-0.15, -0.1) is 0 Å². The number of halogens is 1. The smallest absolute Gasteiger partial charge is 0.283 e. The highest BCUT2D eigenvalue weighted by atomic mass is 79.9. The summed E-state index contributed by atoms with van der Waals surface area (Å²) in [5, 5.41) is 16.6. The lowest BCUT2D eigenvalue weighted by Gasteiger charge is -2.14. The molecular formula is C12H14BrN3O3. The molecule has 0 aromatic heterocycles. The summed E-state index contributed by atoms with van der Waals surface area (Å²) in [6.45, 7) is 3.53. The predicted octanol–water partition coefficient (Wildman–Crippen LogP) is 2.15. The Hall–Kier alpha value is -1.47. The summed E-state index contributed by atoms with van der Waals surface area (Å²) in [5.74, 6) is 0.175. The monoisotopic (exact) mass is 327 g/mol. The molecule has 1 aromatic rings. The van der Waals surface area contributed by atoms with Crippen LogP contribution >= 0.6 is 15.9 Å². The van der Waals surface area contributed by atoms with Gasteiger partial charge in [-0.2, -0.15) is 0 Å². The van der Waals surface area contributed by atoms with Gasteiger partial charge in [0.1, 0.15) is 0 Å². The van der Waals surface area contributed by atoms with Crippen LogP contribution < -0.4 is 10.6 Å². The van der Waals surface area contributed by atoms with Gasteiger partial charge >= 0.3 is 0 Å². The van der Waals surface area contributed by atoms with Crippen LogP contribution in [0.4, 0.5) is 11.4 Å². The van der Waals surface area contributed by atoms with Crippen molar-refractivity contribution in [1.82, 2.24) is 5.32 Å². The van der Waals surface area contributed by atoms with Gasteiger partial charge in [-0.05, 0) is 40.5 Å². The van der Waals surface area contributed by atoms with E-state index in [1.54, 1.807) is 6.07 Å². The lowest BCUT2D eigenvalue weighted by molar-refractivity contribution is -0.385. The SMILES string of the molecule is CC1CNCC1C(=O)Nc1ccc([N+](=O)[O-])c(Br)c1. The zero-order valence-electron chi connectivity index (χ0n) is 10.4. The van der Waals surface area contributed by atoms with Crippen molar-refractivity contribution in [1.29, 1.82) is 0 Å². The first-order valence-electron chi connectivity index (χ1n) is 5.94. The van der Waals surface area contributed by atoms with E-state index < -0.39 is 4.92 Å². The number of nitrogens with zero attached hydrogens (tertiary/aromatic N) is 1. The van der Waals surface area contributed by atoms with Crippen molar-refractivity contribution in [2.24, 2.45) is 11.8 Å². The Bertz CT molecular complexity index is 521. The highest BCUT2D eigenvalue weighted by molar-refractivity contribution is 9.10. The van der Waals surface area contributed by atoms with Crippen molar-refractivity contribution in [2.75, 3.05) is 18.4 Å². The van der Waals surface area contributed by atoms with Gasteiger partial charge in [-0.25, -0.2) is 0 Å². The highest BCUT2D eigenvalue weighted by Crippen LogP contribution is 2.28. The number of amides is 1. The van der Waals surface area contributed by atoms with E-state index in [0.717, 1.165) is 6.54 Å². The summed E-state index contributed by atoms with van der Waals surface area (Å²) in [5.41, 5.74) is 0.537. The molecule has 0 saturated carbocycles. The molecular weight excluding hydrogens is 314 g/mol. The molecule has 2 unspecified atom stereocenters. The number of carbonyl (C=O) groups is 1. The first-order chi connectivity index (χ1) is 8.99. The predicted molar refractivity (Wildman–Crippen MR) is 74.9 cm³/mol. The summed E-state index contributed by atoms with van der Waals surface area (Å²) in [6, 6.07) is 4.45. The number of nitro benzene ring substituents is 1. The van der Waals surface area contributed by atoms with Crippen molar-refractivity contribution in [3.63, 3.8) is 0 Å². The van der Waals surface area contributed by atoms with Gasteiger partial charge in [0.05, 0.1) is 15.3 Å². The Morgan fingerprint density at radius 3 is 2.79 bits per heavy atom. The third-order valence-electron chi connectivity index (χ3n) is 3.27. The van der Waals surface area contributed by atoms with Gasteiger partial charge in [-0.3, -0.25) is 14.9 Å². The molecule has 2 N–H and O–H groups in total. The van der Waals surface area contributed by atoms with Gasteiger partial charge in [0.25, 0.3) is 5.69 Å². The number of carbonyl (C=O) groups excluding carboxylic acids is 1. The molecule has 1 saturated heterocycles. The van der Waals surface area contributed by atoms with Crippen molar-refractivity contribution < 1.29 is 9.72 Å². The molecule has 2 rings (SSSR count). The molecule has 19 heavy (non-hydrogen) atoms. The molecule has 1 heterocycles. The lowest BCUT2D eigenvalue weighted by atomic mass is 9.97. The van der Waals surface area contributed by atoms with Crippen LogP contribution in [0.1, 0.15) is 6.92 Å². The normalized spacial score (nSPS) is 22.2. The van der Waals surface area contributed by atoms with Crippen LogP contribution in [0.3, 0.4) is 0 Å². The van der Waals surface area contributed by atoms with Crippen molar-refractivity contribution in [3.05, 3.63) is 32.8 Å². The van der Waals surface area contributed by atoms with E-state index in [2.05, 4.69) is 26.6 Å². The van der Waals surface area contributed by atoms with Crippen LogP contribution in [0.2, 0.25) is 0 Å². The minimum Gasteiger partial charge on any atom is -0.326 e. The molecule has 0 bridgehead atoms. The van der Waals surface area contributed by atoms with Crippen LogP contribution in [0.15, 0.2) is 22.7 Å². The van der Waals surface area contributed by atoms with E-state index in [1.165, 1.54) is 12.1 Å². The van der Waals surface area contributed by atoms with E-state index in [-0.39, 0.29) is 17.5 Å². The molecule has 1 amide bonds. The van der Waals surface area contributed by atoms with Crippen molar-refractivity contribution in [2.45, 2.75) is 6.92 Å². The van der Waals surface area contributed by atoms with Crippen LogP contribution in [-0.4, -0.2) is 23.9 Å². The number of benzene rings is 1. The van der Waals surface area contributed by atoms with Gasteiger partial charge in [0.15, 0.2) is 0 Å². The zero-order chi connectivity index (χ0) is 14.0. The van der Waals surface area contributed by atoms with Gasteiger partial charge in [-0.1, -0.05) is 6.92 Å². The van der Waals surface area contributed by atoms with Crippen molar-refractivity contribution >= 4 is 33.2 Å². The standard InChI is InChI=1S/C12H14BrN3O3/c1-7-5-14-6-9(7)12(17)15-8-2-3-11(16(18)19)10(13)4-8/h2-4,7,9,14H,5-6H2,1H3,(H,15,17). The first-order valence-corrected chi connectivity index (χ1v) is 6.74. The average molecular weight is 328 g/mol. The fourth-order valence-electron chi connectivity index (χ4n) is 2.13. The van der Waals surface area contributed by atoms with E-state index in [1.807, 2.05) is 6.92 Å². The summed E-state index contributed by atoms with van der Waals surface area (Å²) in [4.78, 5) is 22.3. The molecule has 7 heteroatoms. The van der Waals surface area contributed by atoms with Crippen LogP contribution in [0.25, 0.3) is 0 Å². The molecule has 1 aliphatic rings. The number of hydrogen-bond donors (Lipinski definition) is 2. The number of hydrogen-bond acceptors (Lipinski definition) is 4. The first kappa shape index (κ1) is 14.0. The maximum atomic E-state index is 12.1. The van der Waals surface area contributed by atoms with Gasteiger partial charge < -0.3 is 10.6 Å². The fourth-order valence-corrected chi connectivity index (χ4v) is 2.65. The summed E-state index contributed by atoms with van der Waals surface area (Å²) < 4.78 is 0.355. The van der Waals surface area contributed by atoms with E-state index in [4.69, 9.17) is 0 Å². The highest BCUT2D eigenvalue weighted by Gasteiger charge is 2.29.